The van der Waals surface area contributed by atoms with E-state index in [4.69, 9.17) is 0 Å². The molecule has 0 unspecified atom stereocenters. The highest BCUT2D eigenvalue weighted by Gasteiger charge is 2.26. The van der Waals surface area contributed by atoms with E-state index in [0.717, 1.165) is 5.56 Å². The molecule has 7 nitrogen and oxygen atoms in total. The number of nitrogens with zero attached hydrogens (tertiary/aromatic N) is 3. The average molecular weight is 364 g/mol. The Morgan fingerprint density at radius 2 is 2.28 bits per heavy atom. The summed E-state index contributed by atoms with van der Waals surface area (Å²) in [6, 6.07) is 4.57. The highest BCUT2D eigenvalue weighted by atomic mass is 32.2. The first-order valence-corrected chi connectivity index (χ1v) is 8.76. The van der Waals surface area contributed by atoms with Crippen LogP contribution in [-0.4, -0.2) is 26.4 Å². The number of hydrogen-bond acceptors (Lipinski definition) is 5. The second-order valence-electron chi connectivity index (χ2n) is 5.85. The first-order chi connectivity index (χ1) is 11.9. The van der Waals surface area contributed by atoms with E-state index in [1.807, 2.05) is 6.07 Å². The Morgan fingerprint density at radius 1 is 1.52 bits per heavy atom. The fraction of sp³-hybridized carbons (Fsp3) is 0.375. The van der Waals surface area contributed by atoms with Gasteiger partial charge in [0, 0.05) is 10.6 Å². The maximum atomic E-state index is 13.9. The van der Waals surface area contributed by atoms with Gasteiger partial charge < -0.3 is 5.32 Å². The summed E-state index contributed by atoms with van der Waals surface area (Å²) in [5.41, 5.74) is 1.30. The Kier molecular flexibility index (Phi) is 4.76. The van der Waals surface area contributed by atoms with Crippen molar-refractivity contribution in [1.29, 1.82) is 0 Å². The number of aromatic nitrogens is 2. The van der Waals surface area contributed by atoms with Gasteiger partial charge in [-0.05, 0) is 31.9 Å². The average Bonchev–Trinajstić information content (AvgIpc) is 2.82. The summed E-state index contributed by atoms with van der Waals surface area (Å²) < 4.78 is 15.2. The number of amides is 1. The fourth-order valence-corrected chi connectivity index (χ4v) is 4.16. The number of carbonyl (C=O) groups is 1. The van der Waals surface area contributed by atoms with Crippen LogP contribution in [0.1, 0.15) is 29.4 Å². The first kappa shape index (κ1) is 17.4. The molecule has 25 heavy (non-hydrogen) atoms. The predicted octanol–water partition coefficient (Wildman–Crippen LogP) is 2.90. The van der Waals surface area contributed by atoms with Crippen LogP contribution in [0.4, 0.5) is 10.1 Å². The second kappa shape index (κ2) is 6.83. The normalized spacial score (nSPS) is 16.4. The molecule has 2 aromatic rings. The van der Waals surface area contributed by atoms with Crippen LogP contribution in [-0.2, 0) is 11.3 Å². The van der Waals surface area contributed by atoms with Gasteiger partial charge in [0.1, 0.15) is 23.7 Å². The highest BCUT2D eigenvalue weighted by molar-refractivity contribution is 7.99. The van der Waals surface area contributed by atoms with Gasteiger partial charge in [-0.3, -0.25) is 19.6 Å². The van der Waals surface area contributed by atoms with Crippen molar-refractivity contribution in [3.05, 3.63) is 51.1 Å². The van der Waals surface area contributed by atoms with Crippen molar-refractivity contribution in [3.63, 3.8) is 0 Å². The lowest BCUT2D eigenvalue weighted by molar-refractivity contribution is -0.386. The van der Waals surface area contributed by atoms with Crippen molar-refractivity contribution in [2.24, 2.45) is 0 Å². The van der Waals surface area contributed by atoms with E-state index in [-0.39, 0.29) is 35.7 Å². The molecule has 1 aromatic heterocycles. The molecule has 1 N–H and O–H groups in total. The number of halogens is 1. The Labute approximate surface area is 147 Å². The SMILES string of the molecule is Cc1nn(CC(=O)N[C@H]2CCSc3c(F)cccc32)c(C)c1[N+](=O)[O-]. The van der Waals surface area contributed by atoms with Crippen LogP contribution in [0.2, 0.25) is 0 Å². The summed E-state index contributed by atoms with van der Waals surface area (Å²) in [6.07, 6.45) is 0.699. The summed E-state index contributed by atoms with van der Waals surface area (Å²) in [5, 5.41) is 18.0. The molecule has 0 aliphatic carbocycles. The van der Waals surface area contributed by atoms with Gasteiger partial charge in [0.25, 0.3) is 0 Å². The maximum absolute atomic E-state index is 13.9. The fourth-order valence-electron chi connectivity index (χ4n) is 3.02. The van der Waals surface area contributed by atoms with Gasteiger partial charge >= 0.3 is 5.69 Å². The molecule has 0 radical (unpaired) electrons. The number of benzene rings is 1. The third kappa shape index (κ3) is 3.37. The van der Waals surface area contributed by atoms with Gasteiger partial charge in [-0.1, -0.05) is 12.1 Å². The van der Waals surface area contributed by atoms with Crippen LogP contribution in [0.5, 0.6) is 0 Å². The molecule has 2 heterocycles. The Balaban J connectivity index is 1.76. The Hall–Kier alpha value is -2.42. The molecular weight excluding hydrogens is 347 g/mol. The summed E-state index contributed by atoms with van der Waals surface area (Å²) in [5.74, 6) is 0.118. The number of hydrogen-bond donors (Lipinski definition) is 1. The van der Waals surface area contributed by atoms with E-state index >= 15 is 0 Å². The van der Waals surface area contributed by atoms with Crippen LogP contribution in [0.25, 0.3) is 0 Å². The number of rotatable bonds is 4. The zero-order valence-electron chi connectivity index (χ0n) is 13.8. The van der Waals surface area contributed by atoms with Gasteiger partial charge in [0.2, 0.25) is 5.91 Å². The maximum Gasteiger partial charge on any atom is 0.312 e. The third-order valence-corrected chi connectivity index (χ3v) is 5.34. The molecule has 132 valence electrons. The molecule has 1 aliphatic heterocycles. The minimum Gasteiger partial charge on any atom is -0.348 e. The second-order valence-corrected chi connectivity index (χ2v) is 6.95. The standard InChI is InChI=1S/C16H17FN4O3S/c1-9-15(21(23)24)10(2)20(19-9)8-14(22)18-13-6-7-25-16-11(13)4-3-5-12(16)17/h3-5,13H,6-8H2,1-2H3,(H,18,22)/t13-/m0/s1. The summed E-state index contributed by atoms with van der Waals surface area (Å²) in [6.45, 7) is 2.99. The van der Waals surface area contributed by atoms with Crippen LogP contribution in [0.3, 0.4) is 0 Å². The quantitative estimate of drug-likeness (QED) is 0.665. The number of thioether (sulfide) groups is 1. The minimum atomic E-state index is -0.497. The molecular formula is C16H17FN4O3S. The van der Waals surface area contributed by atoms with Gasteiger partial charge in [0.15, 0.2) is 0 Å². The number of nitro groups is 1. The molecule has 9 heteroatoms. The van der Waals surface area contributed by atoms with Gasteiger partial charge in [-0.25, -0.2) is 4.39 Å². The van der Waals surface area contributed by atoms with Crippen molar-refractivity contribution in [1.82, 2.24) is 15.1 Å². The highest BCUT2D eigenvalue weighted by Crippen LogP contribution is 2.37. The topological polar surface area (TPSA) is 90.1 Å². The van der Waals surface area contributed by atoms with E-state index < -0.39 is 4.92 Å². The first-order valence-electron chi connectivity index (χ1n) is 7.77. The minimum absolute atomic E-state index is 0.0747. The van der Waals surface area contributed by atoms with Gasteiger partial charge in [0.05, 0.1) is 11.0 Å². The van der Waals surface area contributed by atoms with Crippen molar-refractivity contribution < 1.29 is 14.1 Å². The molecule has 1 amide bonds. The van der Waals surface area contributed by atoms with E-state index in [9.17, 15) is 19.3 Å². The molecule has 1 aromatic carbocycles. The Bertz CT molecular complexity index is 852. The van der Waals surface area contributed by atoms with Crippen molar-refractivity contribution in [2.45, 2.75) is 37.8 Å². The Morgan fingerprint density at radius 3 is 2.96 bits per heavy atom. The van der Waals surface area contributed by atoms with Crippen molar-refractivity contribution >= 4 is 23.4 Å². The zero-order chi connectivity index (χ0) is 18.1. The van der Waals surface area contributed by atoms with E-state index in [1.165, 1.54) is 29.4 Å². The number of aryl methyl sites for hydroxylation is 1. The lowest BCUT2D eigenvalue weighted by Crippen LogP contribution is -2.33. The summed E-state index contributed by atoms with van der Waals surface area (Å²) >= 11 is 1.44. The van der Waals surface area contributed by atoms with Crippen LogP contribution in [0.15, 0.2) is 23.1 Å². The molecule has 1 aliphatic rings. The molecule has 0 bridgehead atoms. The summed E-state index contributed by atoms with van der Waals surface area (Å²) in [7, 11) is 0. The van der Waals surface area contributed by atoms with E-state index in [0.29, 0.717) is 22.8 Å². The van der Waals surface area contributed by atoms with Gasteiger partial charge in [-0.2, -0.15) is 5.10 Å². The molecule has 0 spiro atoms. The molecule has 3 rings (SSSR count). The lowest BCUT2D eigenvalue weighted by Gasteiger charge is -2.26. The number of fused-ring (bicyclic) bond motifs is 1. The predicted molar refractivity (Wildman–Crippen MR) is 91.0 cm³/mol. The largest absolute Gasteiger partial charge is 0.348 e. The lowest BCUT2D eigenvalue weighted by atomic mass is 10.0. The third-order valence-electron chi connectivity index (χ3n) is 4.18. The molecule has 0 saturated heterocycles. The summed E-state index contributed by atoms with van der Waals surface area (Å²) in [4.78, 5) is 23.5. The zero-order valence-corrected chi connectivity index (χ0v) is 14.6. The van der Waals surface area contributed by atoms with Crippen molar-refractivity contribution in [3.8, 4) is 0 Å². The molecule has 0 fully saturated rings. The van der Waals surface area contributed by atoms with E-state index in [1.54, 1.807) is 13.0 Å². The van der Waals surface area contributed by atoms with Gasteiger partial charge in [-0.15, -0.1) is 11.8 Å². The van der Waals surface area contributed by atoms with Crippen LogP contribution >= 0.6 is 11.8 Å². The number of nitrogens with one attached hydrogen (secondary N) is 1. The number of carbonyl (C=O) groups excluding carboxylic acids is 1. The van der Waals surface area contributed by atoms with Crippen molar-refractivity contribution in [2.75, 3.05) is 5.75 Å². The monoisotopic (exact) mass is 364 g/mol. The van der Waals surface area contributed by atoms with Crippen LogP contribution < -0.4 is 5.32 Å². The van der Waals surface area contributed by atoms with E-state index in [2.05, 4.69) is 10.4 Å². The van der Waals surface area contributed by atoms with Crippen LogP contribution in [0, 0.1) is 29.8 Å². The smallest absolute Gasteiger partial charge is 0.312 e. The molecule has 0 saturated carbocycles. The molecule has 1 atom stereocenters.